The number of ketones is 3. The third kappa shape index (κ3) is 3.86. The van der Waals surface area contributed by atoms with Crippen molar-refractivity contribution in [2.75, 3.05) is 6.61 Å². The number of nitro benzene ring substituents is 1. The number of allylic oxidation sites excluding steroid dienone is 1. The summed E-state index contributed by atoms with van der Waals surface area (Å²) in [5.74, 6) is -2.92. The lowest BCUT2D eigenvalue weighted by Crippen LogP contribution is -2.24. The molecule has 1 heterocycles. The average molecular weight is 472 g/mol. The average Bonchev–Trinajstić information content (AvgIpc) is 3.13. The van der Waals surface area contributed by atoms with Gasteiger partial charge < -0.3 is 9.30 Å². The van der Waals surface area contributed by atoms with Crippen LogP contribution in [0.25, 0.3) is 0 Å². The maximum atomic E-state index is 13.1. The zero-order chi connectivity index (χ0) is 25.4. The number of nitrogens with zero attached hydrogens (tertiary/aromatic N) is 2. The van der Waals surface area contributed by atoms with E-state index in [9.17, 15) is 29.3 Å². The third-order valence-corrected chi connectivity index (χ3v) is 5.99. The Bertz CT molecular complexity index is 1460. The van der Waals surface area contributed by atoms with Gasteiger partial charge in [0.15, 0.2) is 12.4 Å². The zero-order valence-corrected chi connectivity index (χ0v) is 19.0. The van der Waals surface area contributed by atoms with Crippen LogP contribution in [0.15, 0.2) is 55.1 Å². The first-order valence-corrected chi connectivity index (χ1v) is 10.6. The SMILES string of the molecule is C=CCn1c(C)cc(C(=O)COC(=O)c2ccc3c(c2[N+](=O)[O-])C(=O)c2ccccc2C3=O)c1C. The summed E-state index contributed by atoms with van der Waals surface area (Å²) in [6.07, 6.45) is 1.69. The number of rotatable bonds is 7. The Morgan fingerprint density at radius 1 is 1.03 bits per heavy atom. The summed E-state index contributed by atoms with van der Waals surface area (Å²) in [6, 6.07) is 9.91. The number of hydrogen-bond donors (Lipinski definition) is 0. The van der Waals surface area contributed by atoms with Crippen molar-refractivity contribution in [3.05, 3.63) is 110 Å². The fourth-order valence-corrected chi connectivity index (χ4v) is 4.30. The lowest BCUT2D eigenvalue weighted by atomic mass is 9.82. The Kier molecular flexibility index (Phi) is 6.00. The van der Waals surface area contributed by atoms with E-state index in [2.05, 4.69) is 6.58 Å². The van der Waals surface area contributed by atoms with E-state index in [0.717, 1.165) is 11.8 Å². The van der Waals surface area contributed by atoms with E-state index in [1.807, 2.05) is 11.5 Å². The fraction of sp³-hybridized carbons (Fsp3) is 0.154. The summed E-state index contributed by atoms with van der Waals surface area (Å²) in [5.41, 5.74) is 0.0376. The van der Waals surface area contributed by atoms with Crippen molar-refractivity contribution in [3.63, 3.8) is 0 Å². The highest BCUT2D eigenvalue weighted by Crippen LogP contribution is 2.35. The molecule has 9 heteroatoms. The van der Waals surface area contributed by atoms with Crippen LogP contribution in [0.2, 0.25) is 0 Å². The van der Waals surface area contributed by atoms with E-state index in [1.54, 1.807) is 25.1 Å². The Morgan fingerprint density at radius 2 is 1.69 bits per heavy atom. The van der Waals surface area contributed by atoms with Crippen molar-refractivity contribution in [1.29, 1.82) is 0 Å². The van der Waals surface area contributed by atoms with E-state index in [-0.39, 0.29) is 16.7 Å². The fourth-order valence-electron chi connectivity index (χ4n) is 4.30. The summed E-state index contributed by atoms with van der Waals surface area (Å²) < 4.78 is 6.98. The first-order valence-electron chi connectivity index (χ1n) is 10.6. The second-order valence-corrected chi connectivity index (χ2v) is 8.03. The molecule has 176 valence electrons. The molecule has 0 saturated carbocycles. The summed E-state index contributed by atoms with van der Waals surface area (Å²) in [7, 11) is 0. The monoisotopic (exact) mass is 472 g/mol. The third-order valence-electron chi connectivity index (χ3n) is 5.99. The minimum atomic E-state index is -1.15. The number of fused-ring (bicyclic) bond motifs is 2. The number of aryl methyl sites for hydroxylation is 1. The van der Waals surface area contributed by atoms with Crippen LogP contribution in [0, 0.1) is 24.0 Å². The summed E-state index contributed by atoms with van der Waals surface area (Å²) in [5, 5.41) is 11.9. The molecule has 2 aromatic carbocycles. The van der Waals surface area contributed by atoms with Crippen LogP contribution in [-0.2, 0) is 11.3 Å². The molecular formula is C26H20N2O7. The largest absolute Gasteiger partial charge is 0.454 e. The van der Waals surface area contributed by atoms with Crippen molar-refractivity contribution >= 4 is 29.0 Å². The number of carbonyl (C=O) groups excluding carboxylic acids is 4. The van der Waals surface area contributed by atoms with E-state index >= 15 is 0 Å². The number of nitro groups is 1. The maximum absolute atomic E-state index is 13.1. The molecule has 1 aliphatic rings. The minimum absolute atomic E-state index is 0.0173. The summed E-state index contributed by atoms with van der Waals surface area (Å²) in [6.45, 7) is 7.11. The van der Waals surface area contributed by atoms with Gasteiger partial charge in [-0.15, -0.1) is 6.58 Å². The smallest absolute Gasteiger partial charge is 0.345 e. The van der Waals surface area contributed by atoms with Gasteiger partial charge in [-0.05, 0) is 32.0 Å². The standard InChI is InChI=1S/C26H20N2O7/c1-4-11-27-14(2)12-20(15(27)3)21(29)13-35-26(32)19-10-9-18-22(23(19)28(33)34)25(31)17-8-6-5-7-16(17)24(18)30/h4-10,12H,1,11,13H2,2-3H3. The molecule has 4 rings (SSSR count). The van der Waals surface area contributed by atoms with E-state index in [4.69, 9.17) is 4.74 Å². The predicted molar refractivity (Wildman–Crippen MR) is 125 cm³/mol. The molecule has 0 amide bonds. The summed E-state index contributed by atoms with van der Waals surface area (Å²) in [4.78, 5) is 62.4. The highest BCUT2D eigenvalue weighted by atomic mass is 16.6. The second-order valence-electron chi connectivity index (χ2n) is 8.03. The van der Waals surface area contributed by atoms with Crippen LogP contribution in [0.3, 0.4) is 0 Å². The van der Waals surface area contributed by atoms with Crippen LogP contribution >= 0.6 is 0 Å². The number of esters is 1. The maximum Gasteiger partial charge on any atom is 0.345 e. The number of hydrogen-bond acceptors (Lipinski definition) is 7. The van der Waals surface area contributed by atoms with E-state index in [0.29, 0.717) is 17.8 Å². The van der Waals surface area contributed by atoms with Gasteiger partial charge in [-0.1, -0.05) is 30.3 Å². The van der Waals surface area contributed by atoms with Crippen molar-refractivity contribution in [1.82, 2.24) is 4.57 Å². The predicted octanol–water partition coefficient (Wildman–Crippen LogP) is 4.01. The topological polar surface area (TPSA) is 126 Å². The molecule has 0 saturated heterocycles. The van der Waals surface area contributed by atoms with Gasteiger partial charge in [-0.25, -0.2) is 4.79 Å². The number of ether oxygens (including phenoxy) is 1. The van der Waals surface area contributed by atoms with Gasteiger partial charge in [0.05, 0.1) is 4.92 Å². The molecule has 0 N–H and O–H groups in total. The minimum Gasteiger partial charge on any atom is -0.454 e. The highest BCUT2D eigenvalue weighted by molar-refractivity contribution is 6.30. The van der Waals surface area contributed by atoms with E-state index in [1.165, 1.54) is 24.3 Å². The van der Waals surface area contributed by atoms with Crippen molar-refractivity contribution < 1.29 is 28.8 Å². The highest BCUT2D eigenvalue weighted by Gasteiger charge is 2.39. The Morgan fingerprint density at radius 3 is 2.31 bits per heavy atom. The molecule has 1 aliphatic carbocycles. The zero-order valence-electron chi connectivity index (χ0n) is 19.0. The molecule has 0 fully saturated rings. The molecule has 35 heavy (non-hydrogen) atoms. The normalized spacial score (nSPS) is 12.1. The molecule has 0 atom stereocenters. The number of benzene rings is 2. The molecule has 1 aromatic heterocycles. The van der Waals surface area contributed by atoms with Gasteiger partial charge in [-0.2, -0.15) is 0 Å². The molecule has 0 radical (unpaired) electrons. The second kappa shape index (κ2) is 8.94. The van der Waals surface area contributed by atoms with Crippen LogP contribution in [0.4, 0.5) is 5.69 Å². The molecule has 3 aromatic rings. The van der Waals surface area contributed by atoms with Crippen LogP contribution in [0.5, 0.6) is 0 Å². The molecule has 0 aliphatic heterocycles. The Balaban J connectivity index is 1.66. The van der Waals surface area contributed by atoms with Gasteiger partial charge in [0, 0.05) is 40.2 Å². The number of Topliss-reactive ketones (excluding diaryl/α,β-unsaturated/α-hetero) is 1. The molecule has 9 nitrogen and oxygen atoms in total. The Hall–Kier alpha value is -4.66. The van der Waals surface area contributed by atoms with Gasteiger partial charge in [0.25, 0.3) is 5.69 Å². The van der Waals surface area contributed by atoms with Crippen molar-refractivity contribution in [3.8, 4) is 0 Å². The Labute approximate surface area is 199 Å². The lowest BCUT2D eigenvalue weighted by molar-refractivity contribution is -0.385. The number of aromatic nitrogens is 1. The lowest BCUT2D eigenvalue weighted by Gasteiger charge is -2.18. The summed E-state index contributed by atoms with van der Waals surface area (Å²) >= 11 is 0. The number of carbonyl (C=O) groups is 4. The van der Waals surface area contributed by atoms with Crippen LogP contribution < -0.4 is 0 Å². The van der Waals surface area contributed by atoms with Gasteiger partial charge in [-0.3, -0.25) is 24.5 Å². The van der Waals surface area contributed by atoms with Crippen molar-refractivity contribution in [2.45, 2.75) is 20.4 Å². The first-order chi connectivity index (χ1) is 16.7. The van der Waals surface area contributed by atoms with Gasteiger partial charge >= 0.3 is 5.97 Å². The molecule has 0 unspecified atom stereocenters. The first kappa shape index (κ1) is 23.5. The van der Waals surface area contributed by atoms with Gasteiger partial charge in [0.2, 0.25) is 11.6 Å². The quantitative estimate of drug-likeness (QED) is 0.131. The molecule has 0 spiro atoms. The van der Waals surface area contributed by atoms with Crippen LogP contribution in [0.1, 0.15) is 63.9 Å². The molecule has 0 bridgehead atoms. The van der Waals surface area contributed by atoms with E-state index < -0.39 is 51.7 Å². The van der Waals surface area contributed by atoms with Crippen LogP contribution in [-0.4, -0.2) is 39.4 Å². The van der Waals surface area contributed by atoms with Crippen molar-refractivity contribution in [2.24, 2.45) is 0 Å². The molecular weight excluding hydrogens is 452 g/mol. The van der Waals surface area contributed by atoms with Gasteiger partial charge in [0.1, 0.15) is 11.1 Å².